The summed E-state index contributed by atoms with van der Waals surface area (Å²) < 4.78 is 8.22. The maximum Gasteiger partial charge on any atom is 0.334 e. The molecular formula is C24H27BrN4O4. The highest BCUT2D eigenvalue weighted by Gasteiger charge is 2.72. The number of ketones is 1. The maximum absolute atomic E-state index is 13.5. The van der Waals surface area contributed by atoms with Gasteiger partial charge in [-0.1, -0.05) is 30.8 Å². The Labute approximate surface area is 200 Å². The van der Waals surface area contributed by atoms with E-state index in [0.717, 1.165) is 10.2 Å². The molecule has 1 aromatic carbocycles. The largest absolute Gasteiger partial charge is 0.457 e. The summed E-state index contributed by atoms with van der Waals surface area (Å²) in [7, 11) is 0. The molecule has 0 amide bonds. The predicted molar refractivity (Wildman–Crippen MR) is 124 cm³/mol. The third-order valence-corrected chi connectivity index (χ3v) is 8.74. The van der Waals surface area contributed by atoms with Gasteiger partial charge in [0.05, 0.1) is 24.2 Å². The lowest BCUT2D eigenvalue weighted by atomic mass is 9.64. The first kappa shape index (κ1) is 22.3. The van der Waals surface area contributed by atoms with Crippen molar-refractivity contribution in [3.63, 3.8) is 0 Å². The number of carbonyl (C=O) groups excluding carboxylic acids is 2. The number of aromatic nitrogens is 3. The van der Waals surface area contributed by atoms with Gasteiger partial charge in [-0.2, -0.15) is 0 Å². The van der Waals surface area contributed by atoms with Crippen LogP contribution >= 0.6 is 15.9 Å². The monoisotopic (exact) mass is 514 g/mol. The molecule has 1 aromatic heterocycles. The highest BCUT2D eigenvalue weighted by molar-refractivity contribution is 9.10. The van der Waals surface area contributed by atoms with E-state index in [-0.39, 0.29) is 24.0 Å². The van der Waals surface area contributed by atoms with Gasteiger partial charge < -0.3 is 15.2 Å². The average molecular weight is 515 g/mol. The van der Waals surface area contributed by atoms with Gasteiger partial charge in [0, 0.05) is 28.1 Å². The third-order valence-electron chi connectivity index (χ3n) is 8.05. The van der Waals surface area contributed by atoms with Crippen molar-refractivity contribution in [2.75, 3.05) is 5.32 Å². The first-order chi connectivity index (χ1) is 15.7. The Hall–Kier alpha value is -2.52. The van der Waals surface area contributed by atoms with Gasteiger partial charge in [0.25, 0.3) is 0 Å². The molecule has 8 nitrogen and oxygen atoms in total. The molecule has 3 aliphatic rings. The molecule has 0 bridgehead atoms. The summed E-state index contributed by atoms with van der Waals surface area (Å²) in [5.41, 5.74) is -0.659. The fourth-order valence-corrected chi connectivity index (χ4v) is 6.50. The van der Waals surface area contributed by atoms with E-state index in [1.807, 2.05) is 31.2 Å². The number of hydrogen-bond acceptors (Lipinski definition) is 7. The number of nitrogens with zero attached hydrogens (tertiary/aromatic N) is 3. The van der Waals surface area contributed by atoms with Crippen LogP contribution in [0.15, 0.2) is 47.1 Å². The number of ether oxygens (including phenoxy) is 1. The smallest absolute Gasteiger partial charge is 0.334 e. The third kappa shape index (κ3) is 3.12. The topological polar surface area (TPSA) is 106 Å². The van der Waals surface area contributed by atoms with Crippen LogP contribution in [0.5, 0.6) is 0 Å². The molecular weight excluding hydrogens is 488 g/mol. The van der Waals surface area contributed by atoms with Crippen LogP contribution in [0.25, 0.3) is 0 Å². The molecule has 2 saturated carbocycles. The normalized spacial score (nSPS) is 35.7. The Kier molecular flexibility index (Phi) is 5.25. The van der Waals surface area contributed by atoms with E-state index >= 15 is 0 Å². The number of carbonyl (C=O) groups is 2. The van der Waals surface area contributed by atoms with Crippen molar-refractivity contribution in [1.29, 1.82) is 0 Å². The molecule has 1 saturated heterocycles. The van der Waals surface area contributed by atoms with E-state index in [1.54, 1.807) is 17.8 Å². The Balaban J connectivity index is 1.46. The Bertz CT molecular complexity index is 1150. The molecule has 0 spiro atoms. The number of aliphatic hydroxyl groups is 1. The van der Waals surface area contributed by atoms with Crippen LogP contribution in [0, 0.1) is 17.3 Å². The molecule has 2 aromatic rings. The summed E-state index contributed by atoms with van der Waals surface area (Å²) in [6.45, 7) is 8.05. The second-order valence-corrected chi connectivity index (χ2v) is 10.5. The standard InChI is InChI=1S/C24H27BrN4O4/c1-13-8-9-16-14(2)22(31)33-21(16)23(3)20(30)10-19(24(13,23)32)29-12-15(27-28-29)11-26-18-7-5-4-6-17(18)25/h4-7,12-13,16,19,21,26,32H,2,8-11H2,1,3H3/t13-,16-,19-,21+,23-,24-/m0/s1. The van der Waals surface area contributed by atoms with Crippen molar-refractivity contribution < 1.29 is 19.4 Å². The lowest BCUT2D eigenvalue weighted by Crippen LogP contribution is -2.59. The molecule has 0 unspecified atom stereocenters. The number of esters is 1. The lowest BCUT2D eigenvalue weighted by Gasteiger charge is -2.46. The minimum atomic E-state index is -1.44. The number of benzene rings is 1. The summed E-state index contributed by atoms with van der Waals surface area (Å²) in [6, 6.07) is 7.19. The summed E-state index contributed by atoms with van der Waals surface area (Å²) in [4.78, 5) is 25.8. The van der Waals surface area contributed by atoms with Crippen LogP contribution < -0.4 is 5.32 Å². The predicted octanol–water partition coefficient (Wildman–Crippen LogP) is 3.43. The minimum Gasteiger partial charge on any atom is -0.457 e. The molecule has 3 fully saturated rings. The van der Waals surface area contributed by atoms with Gasteiger partial charge in [0.1, 0.15) is 23.2 Å². The van der Waals surface area contributed by atoms with E-state index in [4.69, 9.17) is 4.74 Å². The van der Waals surface area contributed by atoms with Crippen LogP contribution in [0.2, 0.25) is 0 Å². The number of fused-ring (bicyclic) bond motifs is 3. The van der Waals surface area contributed by atoms with Crippen molar-refractivity contribution in [2.45, 2.75) is 57.4 Å². The molecule has 2 N–H and O–H groups in total. The number of anilines is 1. The van der Waals surface area contributed by atoms with Gasteiger partial charge in [0.15, 0.2) is 0 Å². The molecule has 174 valence electrons. The Morgan fingerprint density at radius 2 is 2.09 bits per heavy atom. The highest BCUT2D eigenvalue weighted by Crippen LogP contribution is 2.61. The quantitative estimate of drug-likeness (QED) is 0.475. The van der Waals surface area contributed by atoms with Crippen LogP contribution in [-0.2, 0) is 20.9 Å². The van der Waals surface area contributed by atoms with Gasteiger partial charge >= 0.3 is 5.97 Å². The molecule has 2 heterocycles. The van der Waals surface area contributed by atoms with Crippen molar-refractivity contribution in [3.8, 4) is 0 Å². The van der Waals surface area contributed by atoms with E-state index in [2.05, 4.69) is 38.1 Å². The second-order valence-electron chi connectivity index (χ2n) is 9.63. The molecule has 33 heavy (non-hydrogen) atoms. The number of rotatable bonds is 4. The number of hydrogen-bond donors (Lipinski definition) is 2. The van der Waals surface area contributed by atoms with E-state index in [9.17, 15) is 14.7 Å². The van der Waals surface area contributed by atoms with Gasteiger partial charge in [-0.3, -0.25) is 4.79 Å². The number of para-hydroxylation sites is 1. The van der Waals surface area contributed by atoms with E-state index in [0.29, 0.717) is 30.7 Å². The van der Waals surface area contributed by atoms with Gasteiger partial charge in [-0.15, -0.1) is 5.10 Å². The molecule has 6 atom stereocenters. The van der Waals surface area contributed by atoms with Crippen LogP contribution in [0.4, 0.5) is 5.69 Å². The summed E-state index contributed by atoms with van der Waals surface area (Å²) in [6.07, 6.45) is 2.46. The molecule has 9 heteroatoms. The minimum absolute atomic E-state index is 0.102. The number of Topliss-reactive ketones (excluding diaryl/α,β-unsaturated/α-hetero) is 1. The SMILES string of the molecule is C=C1C(=O)O[C@@H]2[C@H]1CC[C@H](C)[C@]1(O)[C@@H](n3cc(CNc4ccccc4Br)nn3)CC(=O)[C@@]21C. The van der Waals surface area contributed by atoms with Crippen molar-refractivity contribution in [2.24, 2.45) is 17.3 Å². The van der Waals surface area contributed by atoms with Crippen molar-refractivity contribution in [1.82, 2.24) is 15.0 Å². The van der Waals surface area contributed by atoms with E-state index < -0.39 is 29.1 Å². The fraction of sp³-hybridized carbons (Fsp3) is 0.500. The molecule has 1 aliphatic heterocycles. The maximum atomic E-state index is 13.5. The van der Waals surface area contributed by atoms with Crippen molar-refractivity contribution in [3.05, 3.63) is 52.8 Å². The molecule has 0 radical (unpaired) electrons. The second kappa shape index (κ2) is 7.77. The zero-order valence-corrected chi connectivity index (χ0v) is 20.2. The van der Waals surface area contributed by atoms with Crippen LogP contribution in [-0.4, -0.2) is 43.6 Å². The zero-order valence-electron chi connectivity index (χ0n) is 18.6. The first-order valence-corrected chi connectivity index (χ1v) is 12.0. The highest BCUT2D eigenvalue weighted by atomic mass is 79.9. The van der Waals surface area contributed by atoms with Gasteiger partial charge in [-0.25, -0.2) is 9.48 Å². The lowest BCUT2D eigenvalue weighted by molar-refractivity contribution is -0.178. The Morgan fingerprint density at radius 3 is 2.85 bits per heavy atom. The van der Waals surface area contributed by atoms with Crippen LogP contribution in [0.1, 0.15) is 44.8 Å². The molecule has 5 rings (SSSR count). The first-order valence-electron chi connectivity index (χ1n) is 11.2. The Morgan fingerprint density at radius 1 is 1.33 bits per heavy atom. The zero-order chi connectivity index (χ0) is 23.5. The van der Waals surface area contributed by atoms with E-state index in [1.165, 1.54) is 0 Å². The number of nitrogens with one attached hydrogen (secondary N) is 1. The number of halogens is 1. The summed E-state index contributed by atoms with van der Waals surface area (Å²) in [5, 5.41) is 24.1. The average Bonchev–Trinajstić information content (AvgIpc) is 3.41. The summed E-state index contributed by atoms with van der Waals surface area (Å²) in [5.74, 6) is -1.06. The van der Waals surface area contributed by atoms with Crippen molar-refractivity contribution >= 4 is 33.4 Å². The summed E-state index contributed by atoms with van der Waals surface area (Å²) >= 11 is 3.52. The van der Waals surface area contributed by atoms with Crippen LogP contribution in [0.3, 0.4) is 0 Å². The molecule has 2 aliphatic carbocycles. The fourth-order valence-electron chi connectivity index (χ4n) is 6.07. The van der Waals surface area contributed by atoms with Gasteiger partial charge in [-0.05, 0) is 53.7 Å². The van der Waals surface area contributed by atoms with Gasteiger partial charge in [0.2, 0.25) is 0 Å².